The minimum atomic E-state index is -0.186. The molecule has 0 spiro atoms. The monoisotopic (exact) mass is 286 g/mol. The maximum Gasteiger partial charge on any atom is 0.319 e. The fraction of sp³-hybridized carbons (Fsp3) is 0.400. The summed E-state index contributed by atoms with van der Waals surface area (Å²) in [6, 6.07) is 7.86. The second-order valence-electron chi connectivity index (χ2n) is 5.06. The molecule has 0 aliphatic carbocycles. The van der Waals surface area contributed by atoms with Crippen LogP contribution in [0.4, 0.5) is 5.82 Å². The fourth-order valence-electron chi connectivity index (χ4n) is 2.48. The molecular formula is C15H18N4O2. The van der Waals surface area contributed by atoms with Crippen LogP contribution in [0.5, 0.6) is 0 Å². The molecule has 1 aromatic heterocycles. The molecule has 0 N–H and O–H groups in total. The average molecular weight is 286 g/mol. The van der Waals surface area contributed by atoms with E-state index in [1.54, 1.807) is 0 Å². The molecule has 3 rings (SSSR count). The van der Waals surface area contributed by atoms with Crippen molar-refractivity contribution >= 4 is 22.8 Å². The number of piperazine rings is 1. The maximum absolute atomic E-state index is 11.3. The molecule has 110 valence electrons. The van der Waals surface area contributed by atoms with Gasteiger partial charge in [-0.25, -0.2) is 4.98 Å². The first-order chi connectivity index (χ1) is 10.3. The van der Waals surface area contributed by atoms with Gasteiger partial charge in [-0.3, -0.25) is 14.7 Å². The number of hydrogen-bond acceptors (Lipinski definition) is 6. The Morgan fingerprint density at radius 2 is 1.90 bits per heavy atom. The number of anilines is 1. The molecule has 6 nitrogen and oxygen atoms in total. The number of ether oxygens (including phenoxy) is 1. The quantitative estimate of drug-likeness (QED) is 0.782. The lowest BCUT2D eigenvalue weighted by Crippen LogP contribution is -2.48. The highest BCUT2D eigenvalue weighted by Crippen LogP contribution is 2.16. The number of methoxy groups -OCH3 is 1. The van der Waals surface area contributed by atoms with E-state index in [2.05, 4.69) is 19.8 Å². The van der Waals surface area contributed by atoms with Crippen molar-refractivity contribution in [3.05, 3.63) is 30.5 Å². The van der Waals surface area contributed by atoms with Gasteiger partial charge in [-0.05, 0) is 12.1 Å². The highest BCUT2D eigenvalue weighted by molar-refractivity contribution is 5.75. The summed E-state index contributed by atoms with van der Waals surface area (Å²) < 4.78 is 4.70. The first-order valence-corrected chi connectivity index (χ1v) is 7.02. The number of fused-ring (bicyclic) bond motifs is 1. The number of benzene rings is 1. The smallest absolute Gasteiger partial charge is 0.319 e. The van der Waals surface area contributed by atoms with Crippen molar-refractivity contribution < 1.29 is 9.53 Å². The SMILES string of the molecule is COC(=O)CN1CCN(c2cnc3ccccc3n2)CC1. The summed E-state index contributed by atoms with van der Waals surface area (Å²) in [5.74, 6) is 0.709. The van der Waals surface area contributed by atoms with Crippen LogP contribution < -0.4 is 4.90 Å². The number of hydrogen-bond donors (Lipinski definition) is 0. The first kappa shape index (κ1) is 13.8. The van der Waals surface area contributed by atoms with Gasteiger partial charge in [0.2, 0.25) is 0 Å². The Morgan fingerprint density at radius 3 is 2.62 bits per heavy atom. The number of para-hydroxylation sites is 2. The molecule has 1 saturated heterocycles. The number of rotatable bonds is 3. The van der Waals surface area contributed by atoms with Crippen molar-refractivity contribution in [3.63, 3.8) is 0 Å². The lowest BCUT2D eigenvalue weighted by Gasteiger charge is -2.34. The van der Waals surface area contributed by atoms with Crippen LogP contribution in [-0.2, 0) is 9.53 Å². The minimum absolute atomic E-state index is 0.186. The Bertz CT molecular complexity index is 638. The molecule has 0 bridgehead atoms. The van der Waals surface area contributed by atoms with Crippen molar-refractivity contribution in [3.8, 4) is 0 Å². The fourth-order valence-corrected chi connectivity index (χ4v) is 2.48. The van der Waals surface area contributed by atoms with Crippen LogP contribution in [0.2, 0.25) is 0 Å². The van der Waals surface area contributed by atoms with Crippen molar-refractivity contribution in [2.45, 2.75) is 0 Å². The molecule has 1 fully saturated rings. The van der Waals surface area contributed by atoms with Gasteiger partial charge < -0.3 is 9.64 Å². The molecule has 0 unspecified atom stereocenters. The zero-order chi connectivity index (χ0) is 14.7. The number of esters is 1. The molecule has 0 amide bonds. The average Bonchev–Trinajstić information content (AvgIpc) is 2.55. The Kier molecular flexibility index (Phi) is 3.96. The van der Waals surface area contributed by atoms with Gasteiger partial charge in [-0.2, -0.15) is 0 Å². The Balaban J connectivity index is 1.66. The highest BCUT2D eigenvalue weighted by Gasteiger charge is 2.20. The lowest BCUT2D eigenvalue weighted by atomic mass is 10.3. The van der Waals surface area contributed by atoms with Crippen molar-refractivity contribution in [1.29, 1.82) is 0 Å². The van der Waals surface area contributed by atoms with Crippen molar-refractivity contribution in [2.75, 3.05) is 44.7 Å². The van der Waals surface area contributed by atoms with E-state index in [0.29, 0.717) is 6.54 Å². The summed E-state index contributed by atoms with van der Waals surface area (Å²) in [6.07, 6.45) is 1.82. The van der Waals surface area contributed by atoms with E-state index in [1.807, 2.05) is 30.5 Å². The van der Waals surface area contributed by atoms with Gasteiger partial charge in [0, 0.05) is 26.2 Å². The minimum Gasteiger partial charge on any atom is -0.468 e. The molecule has 1 aliphatic heterocycles. The standard InChI is InChI=1S/C15H18N4O2/c1-21-15(20)11-18-6-8-19(9-7-18)14-10-16-12-4-2-3-5-13(12)17-14/h2-5,10H,6-9,11H2,1H3. The summed E-state index contributed by atoms with van der Waals surface area (Å²) in [5, 5.41) is 0. The van der Waals surface area contributed by atoms with Crippen molar-refractivity contribution in [1.82, 2.24) is 14.9 Å². The molecule has 0 atom stereocenters. The first-order valence-electron chi connectivity index (χ1n) is 7.02. The second-order valence-corrected chi connectivity index (χ2v) is 5.06. The van der Waals surface area contributed by atoms with Gasteiger partial charge in [0.05, 0.1) is 30.9 Å². The topological polar surface area (TPSA) is 58.6 Å². The largest absolute Gasteiger partial charge is 0.468 e. The maximum atomic E-state index is 11.3. The Morgan fingerprint density at radius 1 is 1.19 bits per heavy atom. The normalized spacial score (nSPS) is 16.1. The molecular weight excluding hydrogens is 268 g/mol. The molecule has 0 saturated carbocycles. The molecule has 1 aromatic carbocycles. The molecule has 1 aliphatic rings. The molecule has 0 radical (unpaired) electrons. The van der Waals surface area contributed by atoms with Gasteiger partial charge in [-0.15, -0.1) is 0 Å². The summed E-state index contributed by atoms with van der Waals surface area (Å²) in [7, 11) is 1.42. The summed E-state index contributed by atoms with van der Waals surface area (Å²) in [5.41, 5.74) is 1.82. The van der Waals surface area contributed by atoms with Gasteiger partial charge in [0.25, 0.3) is 0 Å². The molecule has 6 heteroatoms. The summed E-state index contributed by atoms with van der Waals surface area (Å²) in [4.78, 5) is 24.7. The predicted molar refractivity (Wildman–Crippen MR) is 80.2 cm³/mol. The van der Waals surface area contributed by atoms with Crippen LogP contribution in [0, 0.1) is 0 Å². The zero-order valence-electron chi connectivity index (χ0n) is 12.0. The number of carbonyl (C=O) groups is 1. The second kappa shape index (κ2) is 6.05. The number of nitrogens with zero attached hydrogens (tertiary/aromatic N) is 4. The van der Waals surface area contributed by atoms with Gasteiger partial charge in [-0.1, -0.05) is 12.1 Å². The molecule has 2 aromatic rings. The van der Waals surface area contributed by atoms with Gasteiger partial charge >= 0.3 is 5.97 Å². The molecule has 21 heavy (non-hydrogen) atoms. The van der Waals surface area contributed by atoms with Crippen LogP contribution in [0.25, 0.3) is 11.0 Å². The lowest BCUT2D eigenvalue weighted by molar-refractivity contribution is -0.142. The summed E-state index contributed by atoms with van der Waals surface area (Å²) >= 11 is 0. The van der Waals surface area contributed by atoms with E-state index < -0.39 is 0 Å². The van der Waals surface area contributed by atoms with Gasteiger partial charge in [0.15, 0.2) is 0 Å². The van der Waals surface area contributed by atoms with Crippen molar-refractivity contribution in [2.24, 2.45) is 0 Å². The highest BCUT2D eigenvalue weighted by atomic mass is 16.5. The third-order valence-corrected chi connectivity index (χ3v) is 3.71. The van der Waals surface area contributed by atoms with Crippen LogP contribution in [0.15, 0.2) is 30.5 Å². The Hall–Kier alpha value is -2.21. The van der Waals surface area contributed by atoms with E-state index >= 15 is 0 Å². The van der Waals surface area contributed by atoms with E-state index in [4.69, 9.17) is 4.74 Å². The van der Waals surface area contributed by atoms with Gasteiger partial charge in [0.1, 0.15) is 5.82 Å². The Labute approximate surface area is 123 Å². The van der Waals surface area contributed by atoms with Crippen LogP contribution in [0.1, 0.15) is 0 Å². The predicted octanol–water partition coefficient (Wildman–Crippen LogP) is 0.925. The van der Waals surface area contributed by atoms with Crippen LogP contribution >= 0.6 is 0 Å². The van der Waals surface area contributed by atoms with Crippen LogP contribution in [0.3, 0.4) is 0 Å². The van der Waals surface area contributed by atoms with E-state index in [0.717, 1.165) is 43.0 Å². The number of carbonyl (C=O) groups excluding carboxylic acids is 1. The molecule has 2 heterocycles. The van der Waals surface area contributed by atoms with Crippen LogP contribution in [-0.4, -0.2) is 60.7 Å². The number of aromatic nitrogens is 2. The zero-order valence-corrected chi connectivity index (χ0v) is 12.0. The third kappa shape index (κ3) is 3.11. The summed E-state index contributed by atoms with van der Waals surface area (Å²) in [6.45, 7) is 3.68. The van der Waals surface area contributed by atoms with E-state index in [9.17, 15) is 4.79 Å². The van der Waals surface area contributed by atoms with E-state index in [-0.39, 0.29) is 5.97 Å². The van der Waals surface area contributed by atoms with E-state index in [1.165, 1.54) is 7.11 Å². The third-order valence-electron chi connectivity index (χ3n) is 3.71.